The molecule has 6 nitrogen and oxygen atoms in total. The van der Waals surface area contributed by atoms with Crippen molar-refractivity contribution in [2.75, 3.05) is 13.2 Å². The van der Waals surface area contributed by atoms with Crippen molar-refractivity contribution in [3.63, 3.8) is 0 Å². The highest BCUT2D eigenvalue weighted by Crippen LogP contribution is 2.18. The van der Waals surface area contributed by atoms with Crippen molar-refractivity contribution >= 4 is 17.9 Å². The van der Waals surface area contributed by atoms with Gasteiger partial charge >= 0.3 is 17.9 Å². The lowest BCUT2D eigenvalue weighted by molar-refractivity contribution is -0.167. The monoisotopic (exact) mass is 1150 g/mol. The summed E-state index contributed by atoms with van der Waals surface area (Å²) in [7, 11) is 0. The Morgan fingerprint density at radius 1 is 0.253 bits per heavy atom. The van der Waals surface area contributed by atoms with Gasteiger partial charge in [0.25, 0.3) is 0 Å². The van der Waals surface area contributed by atoms with Crippen molar-refractivity contribution in [2.45, 2.75) is 348 Å². The molecule has 0 aromatic rings. The number of carbonyl (C=O) groups is 3. The van der Waals surface area contributed by atoms with Crippen LogP contribution in [0.3, 0.4) is 0 Å². The predicted octanol–water partition coefficient (Wildman–Crippen LogP) is 24.6. The number of esters is 3. The van der Waals surface area contributed by atoms with E-state index >= 15 is 0 Å². The number of hydrogen-bond donors (Lipinski definition) is 0. The summed E-state index contributed by atoms with van der Waals surface area (Å²) in [5.41, 5.74) is 0. The van der Waals surface area contributed by atoms with Crippen LogP contribution in [-0.4, -0.2) is 37.2 Å². The van der Waals surface area contributed by atoms with E-state index < -0.39 is 6.10 Å². The minimum absolute atomic E-state index is 0.0901. The van der Waals surface area contributed by atoms with Crippen LogP contribution in [0, 0.1) is 0 Å². The summed E-state index contributed by atoms with van der Waals surface area (Å²) < 4.78 is 17.0. The van der Waals surface area contributed by atoms with Crippen molar-refractivity contribution in [3.05, 3.63) is 109 Å². The van der Waals surface area contributed by atoms with E-state index in [-0.39, 0.29) is 31.1 Å². The van der Waals surface area contributed by atoms with Crippen LogP contribution in [0.5, 0.6) is 0 Å². The molecule has 0 fully saturated rings. The molecule has 0 heterocycles. The molecule has 0 amide bonds. The van der Waals surface area contributed by atoms with Gasteiger partial charge in [0.1, 0.15) is 13.2 Å². The Morgan fingerprint density at radius 3 is 0.783 bits per heavy atom. The second-order valence-electron chi connectivity index (χ2n) is 23.4. The molecule has 0 radical (unpaired) electrons. The van der Waals surface area contributed by atoms with E-state index in [1.807, 2.05) is 0 Å². The number of unbranched alkanes of at least 4 members (excludes halogenated alkanes) is 35. The van der Waals surface area contributed by atoms with E-state index in [0.29, 0.717) is 19.3 Å². The Labute approximate surface area is 514 Å². The highest BCUT2D eigenvalue weighted by molar-refractivity contribution is 5.71. The third-order valence-corrected chi connectivity index (χ3v) is 15.2. The van der Waals surface area contributed by atoms with E-state index in [1.165, 1.54) is 148 Å². The third kappa shape index (κ3) is 68.7. The maximum atomic E-state index is 13.0. The van der Waals surface area contributed by atoms with E-state index in [4.69, 9.17) is 14.2 Å². The summed E-state index contributed by atoms with van der Waals surface area (Å²) in [6, 6.07) is 0. The molecule has 0 aliphatic heterocycles. The molecule has 0 saturated heterocycles. The van der Waals surface area contributed by atoms with Crippen LogP contribution in [0.2, 0.25) is 0 Å². The van der Waals surface area contributed by atoms with Crippen molar-refractivity contribution in [2.24, 2.45) is 0 Å². The average molecular weight is 1150 g/mol. The minimum Gasteiger partial charge on any atom is -0.462 e. The predicted molar refractivity (Wildman–Crippen MR) is 362 cm³/mol. The van der Waals surface area contributed by atoms with Gasteiger partial charge in [-0.05, 0) is 103 Å². The first-order valence-corrected chi connectivity index (χ1v) is 35.4. The zero-order valence-electron chi connectivity index (χ0n) is 54.7. The lowest BCUT2D eigenvalue weighted by Gasteiger charge is -2.18. The lowest BCUT2D eigenvalue weighted by atomic mass is 10.0. The smallest absolute Gasteiger partial charge is 0.306 e. The fraction of sp³-hybridized carbons (Fsp3) is 0.727. The number of allylic oxidation sites excluding steroid dienone is 18. The number of rotatable bonds is 64. The fourth-order valence-electron chi connectivity index (χ4n) is 9.99. The zero-order chi connectivity index (χ0) is 59.9. The molecular weight excluding hydrogens is 1020 g/mol. The van der Waals surface area contributed by atoms with Crippen LogP contribution in [0.4, 0.5) is 0 Å². The van der Waals surface area contributed by atoms with Crippen LogP contribution in [0.25, 0.3) is 0 Å². The van der Waals surface area contributed by atoms with Crippen LogP contribution in [-0.2, 0) is 28.6 Å². The Balaban J connectivity index is 4.33. The average Bonchev–Trinajstić information content (AvgIpc) is 3.49. The first-order valence-electron chi connectivity index (χ1n) is 35.4. The summed E-state index contributed by atoms with van der Waals surface area (Å²) in [5, 5.41) is 0. The molecule has 476 valence electrons. The number of hydrogen-bond acceptors (Lipinski definition) is 6. The summed E-state index contributed by atoms with van der Waals surface area (Å²) in [5.74, 6) is -0.909. The molecule has 0 bridgehead atoms. The van der Waals surface area contributed by atoms with Gasteiger partial charge in [-0.15, -0.1) is 0 Å². The van der Waals surface area contributed by atoms with Crippen molar-refractivity contribution in [3.8, 4) is 0 Å². The van der Waals surface area contributed by atoms with Gasteiger partial charge in [0.2, 0.25) is 0 Å². The van der Waals surface area contributed by atoms with Gasteiger partial charge in [-0.3, -0.25) is 14.4 Å². The third-order valence-electron chi connectivity index (χ3n) is 15.2. The molecule has 6 heteroatoms. The van der Waals surface area contributed by atoms with Crippen LogP contribution in [0.15, 0.2) is 109 Å². The van der Waals surface area contributed by atoms with Gasteiger partial charge in [-0.25, -0.2) is 0 Å². The van der Waals surface area contributed by atoms with Crippen molar-refractivity contribution in [1.82, 2.24) is 0 Å². The molecule has 0 saturated carbocycles. The molecule has 0 aromatic carbocycles. The van der Waals surface area contributed by atoms with Crippen molar-refractivity contribution in [1.29, 1.82) is 0 Å². The van der Waals surface area contributed by atoms with E-state index in [2.05, 4.69) is 130 Å². The van der Waals surface area contributed by atoms with Crippen LogP contribution in [0.1, 0.15) is 342 Å². The second-order valence-corrected chi connectivity index (χ2v) is 23.4. The first kappa shape index (κ1) is 79.1. The van der Waals surface area contributed by atoms with Gasteiger partial charge in [-0.1, -0.05) is 329 Å². The van der Waals surface area contributed by atoms with E-state index in [0.717, 1.165) is 154 Å². The van der Waals surface area contributed by atoms with Gasteiger partial charge in [0, 0.05) is 19.3 Å². The largest absolute Gasteiger partial charge is 0.462 e. The Bertz CT molecular complexity index is 1660. The Kier molecular flexibility index (Phi) is 67.2. The zero-order valence-corrected chi connectivity index (χ0v) is 54.7. The van der Waals surface area contributed by atoms with Gasteiger partial charge in [-0.2, -0.15) is 0 Å². The van der Waals surface area contributed by atoms with Crippen LogP contribution < -0.4 is 0 Å². The summed E-state index contributed by atoms with van der Waals surface area (Å²) in [6.45, 7) is 6.47. The van der Waals surface area contributed by atoms with E-state index in [1.54, 1.807) is 0 Å². The first-order chi connectivity index (χ1) is 41.0. The number of carbonyl (C=O) groups excluding carboxylic acids is 3. The fourth-order valence-corrected chi connectivity index (χ4v) is 9.99. The maximum Gasteiger partial charge on any atom is 0.306 e. The number of ether oxygens (including phenoxy) is 3. The van der Waals surface area contributed by atoms with Gasteiger partial charge < -0.3 is 14.2 Å². The van der Waals surface area contributed by atoms with Gasteiger partial charge in [0.05, 0.1) is 0 Å². The molecule has 0 aliphatic rings. The standard InChI is InChI=1S/C77H132O6/c1-4-7-10-13-16-19-22-25-27-29-31-33-35-37-38-40-41-43-45-47-49-52-55-58-61-64-67-70-76(79)82-73-74(72-81-75(78)69-66-63-60-57-54-51-24-21-18-15-12-9-6-3)83-77(80)71-68-65-62-59-56-53-50-48-46-44-42-39-36-34-32-30-28-26-23-20-17-14-11-8-5-2/h7,10,12,15-16,19,21,24-25,27,31,33,37-38,41,43,47,49,74H,4-6,8-9,11,13-14,17-18,20,22-23,26,28-30,32,34-36,39-40,42,44-46,48,50-73H2,1-3H3/b10-7-,15-12-,19-16-,24-21-,27-25-,33-31-,38-37-,43-41-,49-47-. The Hall–Kier alpha value is -3.93. The summed E-state index contributed by atoms with van der Waals surface area (Å²) in [4.78, 5) is 38.4. The molecule has 0 spiro atoms. The van der Waals surface area contributed by atoms with Gasteiger partial charge in [0.15, 0.2) is 6.10 Å². The molecule has 0 rings (SSSR count). The normalized spacial score (nSPS) is 12.8. The molecule has 1 unspecified atom stereocenters. The SMILES string of the molecule is CC/C=C\C/C=C\C/C=C\C/C=C\C/C=C\C/C=C\C/C=C\CCCCCCCC(=O)OCC(COC(=O)CCCCCCC/C=C\C/C=C\CCC)OC(=O)CCCCCCCCCCCCCCCCCCCCCCCCCCC. The van der Waals surface area contributed by atoms with Crippen LogP contribution >= 0.6 is 0 Å². The quantitative estimate of drug-likeness (QED) is 0.0261. The molecule has 0 aromatic heterocycles. The van der Waals surface area contributed by atoms with E-state index in [9.17, 15) is 14.4 Å². The second kappa shape index (κ2) is 70.6. The molecule has 83 heavy (non-hydrogen) atoms. The highest BCUT2D eigenvalue weighted by atomic mass is 16.6. The summed E-state index contributed by atoms with van der Waals surface area (Å²) in [6.07, 6.45) is 96.9. The molecule has 1 atom stereocenters. The summed E-state index contributed by atoms with van der Waals surface area (Å²) >= 11 is 0. The highest BCUT2D eigenvalue weighted by Gasteiger charge is 2.19. The van der Waals surface area contributed by atoms with Crippen molar-refractivity contribution < 1.29 is 28.6 Å². The minimum atomic E-state index is -0.794. The Morgan fingerprint density at radius 2 is 0.494 bits per heavy atom. The molecular formula is C77H132O6. The topological polar surface area (TPSA) is 78.9 Å². The maximum absolute atomic E-state index is 13.0. The molecule has 0 N–H and O–H groups in total. The lowest BCUT2D eigenvalue weighted by Crippen LogP contribution is -2.30. The molecule has 0 aliphatic carbocycles.